The van der Waals surface area contributed by atoms with Crippen LogP contribution < -0.4 is 5.32 Å². The minimum absolute atomic E-state index is 0.776. The van der Waals surface area contributed by atoms with E-state index in [2.05, 4.69) is 42.5 Å². The molecule has 0 saturated carbocycles. The maximum absolute atomic E-state index is 4.43. The highest BCUT2D eigenvalue weighted by Crippen LogP contribution is 2.13. The molecule has 0 aliphatic heterocycles. The molecular weight excluding hydrogens is 198 g/mol. The maximum Gasteiger partial charge on any atom is 0.0815 e. The average molecular weight is 215 g/mol. The van der Waals surface area contributed by atoms with Crippen molar-refractivity contribution >= 4 is 5.69 Å². The van der Waals surface area contributed by atoms with Gasteiger partial charge in [0.2, 0.25) is 0 Å². The second-order valence-electron chi connectivity index (χ2n) is 3.83. The van der Waals surface area contributed by atoms with E-state index >= 15 is 0 Å². The molecule has 84 valence electrons. The number of aromatic nitrogens is 2. The lowest BCUT2D eigenvalue weighted by Crippen LogP contribution is -2.03. The van der Waals surface area contributed by atoms with Crippen LogP contribution in [0.25, 0.3) is 0 Å². The number of rotatable bonds is 4. The first-order chi connectivity index (χ1) is 7.79. The molecule has 0 radical (unpaired) electrons. The van der Waals surface area contributed by atoms with E-state index < -0.39 is 0 Å². The molecule has 16 heavy (non-hydrogen) atoms. The standard InChI is InChI=1S/C13H17N3/c1-3-16-9-8-12(15-16)10-14-13-7-5-4-6-11(13)2/h4-9,14H,3,10H2,1-2H3. The zero-order valence-corrected chi connectivity index (χ0v) is 9.77. The Hall–Kier alpha value is -1.77. The molecule has 1 N–H and O–H groups in total. The summed E-state index contributed by atoms with van der Waals surface area (Å²) in [7, 11) is 0. The van der Waals surface area contributed by atoms with Crippen molar-refractivity contribution in [2.75, 3.05) is 5.32 Å². The van der Waals surface area contributed by atoms with Gasteiger partial charge in [0.25, 0.3) is 0 Å². The Morgan fingerprint density at radius 2 is 2.06 bits per heavy atom. The zero-order valence-electron chi connectivity index (χ0n) is 9.77. The Balaban J connectivity index is 1.99. The molecule has 1 aromatic carbocycles. The number of anilines is 1. The number of benzene rings is 1. The summed E-state index contributed by atoms with van der Waals surface area (Å²) in [4.78, 5) is 0. The quantitative estimate of drug-likeness (QED) is 0.850. The zero-order chi connectivity index (χ0) is 11.4. The molecule has 3 heteroatoms. The van der Waals surface area contributed by atoms with E-state index in [0.29, 0.717) is 0 Å². The summed E-state index contributed by atoms with van der Waals surface area (Å²) in [5.41, 5.74) is 3.51. The average Bonchev–Trinajstić information content (AvgIpc) is 2.76. The summed E-state index contributed by atoms with van der Waals surface area (Å²) >= 11 is 0. The molecule has 0 bridgehead atoms. The largest absolute Gasteiger partial charge is 0.379 e. The first-order valence-corrected chi connectivity index (χ1v) is 5.61. The molecule has 1 heterocycles. The van der Waals surface area contributed by atoms with Crippen molar-refractivity contribution in [3.8, 4) is 0 Å². The Morgan fingerprint density at radius 3 is 2.75 bits per heavy atom. The van der Waals surface area contributed by atoms with Crippen molar-refractivity contribution in [2.45, 2.75) is 26.9 Å². The minimum Gasteiger partial charge on any atom is -0.379 e. The predicted octanol–water partition coefficient (Wildman–Crippen LogP) is 2.82. The van der Waals surface area contributed by atoms with E-state index in [0.717, 1.165) is 18.8 Å². The van der Waals surface area contributed by atoms with Gasteiger partial charge >= 0.3 is 0 Å². The van der Waals surface area contributed by atoms with Crippen molar-refractivity contribution in [3.05, 3.63) is 47.8 Å². The lowest BCUT2D eigenvalue weighted by molar-refractivity contribution is 0.649. The summed E-state index contributed by atoms with van der Waals surface area (Å²) in [6.45, 7) is 5.89. The third-order valence-electron chi connectivity index (χ3n) is 2.62. The second kappa shape index (κ2) is 4.84. The van der Waals surface area contributed by atoms with E-state index in [9.17, 15) is 0 Å². The summed E-state index contributed by atoms with van der Waals surface area (Å²) in [5.74, 6) is 0. The van der Waals surface area contributed by atoms with Gasteiger partial charge < -0.3 is 5.32 Å². The first kappa shape index (κ1) is 10.7. The smallest absolute Gasteiger partial charge is 0.0815 e. The monoisotopic (exact) mass is 215 g/mol. The fourth-order valence-corrected chi connectivity index (χ4v) is 1.63. The number of hydrogen-bond acceptors (Lipinski definition) is 2. The molecule has 1 aromatic heterocycles. The topological polar surface area (TPSA) is 29.9 Å². The van der Waals surface area contributed by atoms with Gasteiger partial charge in [-0.2, -0.15) is 5.10 Å². The summed E-state index contributed by atoms with van der Waals surface area (Å²) in [6, 6.07) is 10.3. The normalized spacial score (nSPS) is 10.4. The van der Waals surface area contributed by atoms with Crippen molar-refractivity contribution in [2.24, 2.45) is 0 Å². The van der Waals surface area contributed by atoms with Gasteiger partial charge in [-0.05, 0) is 31.5 Å². The van der Waals surface area contributed by atoms with Crippen LogP contribution in [0.5, 0.6) is 0 Å². The molecule has 0 aliphatic rings. The van der Waals surface area contributed by atoms with Crippen LogP contribution in [0, 0.1) is 6.92 Å². The highest BCUT2D eigenvalue weighted by molar-refractivity contribution is 5.50. The van der Waals surface area contributed by atoms with Crippen LogP contribution in [0.4, 0.5) is 5.69 Å². The van der Waals surface area contributed by atoms with Crippen LogP contribution in [-0.4, -0.2) is 9.78 Å². The Morgan fingerprint density at radius 1 is 1.25 bits per heavy atom. The molecule has 0 spiro atoms. The number of aryl methyl sites for hydroxylation is 2. The van der Waals surface area contributed by atoms with Gasteiger partial charge in [-0.1, -0.05) is 18.2 Å². The van der Waals surface area contributed by atoms with Crippen LogP contribution in [-0.2, 0) is 13.1 Å². The lowest BCUT2D eigenvalue weighted by Gasteiger charge is -2.07. The SMILES string of the molecule is CCn1ccc(CNc2ccccc2C)n1. The van der Waals surface area contributed by atoms with Gasteiger partial charge in [0.15, 0.2) is 0 Å². The van der Waals surface area contributed by atoms with Gasteiger partial charge in [0, 0.05) is 18.4 Å². The maximum atomic E-state index is 4.43. The fourth-order valence-electron chi connectivity index (χ4n) is 1.63. The Kier molecular flexibility index (Phi) is 3.25. The highest BCUT2D eigenvalue weighted by atomic mass is 15.3. The fraction of sp³-hybridized carbons (Fsp3) is 0.308. The van der Waals surface area contributed by atoms with Gasteiger partial charge in [-0.25, -0.2) is 0 Å². The van der Waals surface area contributed by atoms with E-state index in [1.807, 2.05) is 23.0 Å². The molecule has 0 atom stereocenters. The molecule has 2 aromatic rings. The summed E-state index contributed by atoms with van der Waals surface area (Å²) in [6.07, 6.45) is 2.01. The van der Waals surface area contributed by atoms with Crippen LogP contribution >= 0.6 is 0 Å². The molecule has 2 rings (SSSR count). The van der Waals surface area contributed by atoms with Gasteiger partial charge in [0.1, 0.15) is 0 Å². The molecule has 0 saturated heterocycles. The number of nitrogens with one attached hydrogen (secondary N) is 1. The van der Waals surface area contributed by atoms with Crippen LogP contribution in [0.3, 0.4) is 0 Å². The number of nitrogens with zero attached hydrogens (tertiary/aromatic N) is 2. The van der Waals surface area contributed by atoms with E-state index in [4.69, 9.17) is 0 Å². The van der Waals surface area contributed by atoms with Crippen molar-refractivity contribution in [3.63, 3.8) is 0 Å². The van der Waals surface area contributed by atoms with E-state index in [1.54, 1.807) is 0 Å². The molecule has 0 aliphatic carbocycles. The molecule has 3 nitrogen and oxygen atoms in total. The second-order valence-corrected chi connectivity index (χ2v) is 3.83. The minimum atomic E-state index is 0.776. The van der Waals surface area contributed by atoms with Crippen molar-refractivity contribution in [1.29, 1.82) is 0 Å². The van der Waals surface area contributed by atoms with Gasteiger partial charge in [-0.3, -0.25) is 4.68 Å². The van der Waals surface area contributed by atoms with Crippen LogP contribution in [0.2, 0.25) is 0 Å². The van der Waals surface area contributed by atoms with Crippen LogP contribution in [0.1, 0.15) is 18.2 Å². The first-order valence-electron chi connectivity index (χ1n) is 5.61. The summed E-state index contributed by atoms with van der Waals surface area (Å²) in [5, 5.41) is 7.82. The lowest BCUT2D eigenvalue weighted by atomic mass is 10.2. The van der Waals surface area contributed by atoms with E-state index in [-0.39, 0.29) is 0 Å². The number of hydrogen-bond donors (Lipinski definition) is 1. The Labute approximate surface area is 96.1 Å². The molecule has 0 amide bonds. The molecular formula is C13H17N3. The highest BCUT2D eigenvalue weighted by Gasteiger charge is 1.99. The molecule has 0 unspecified atom stereocenters. The molecule has 0 fully saturated rings. The van der Waals surface area contributed by atoms with Crippen molar-refractivity contribution < 1.29 is 0 Å². The third kappa shape index (κ3) is 2.42. The van der Waals surface area contributed by atoms with Gasteiger partial charge in [-0.15, -0.1) is 0 Å². The van der Waals surface area contributed by atoms with E-state index in [1.165, 1.54) is 11.3 Å². The van der Waals surface area contributed by atoms with Gasteiger partial charge in [0.05, 0.1) is 12.2 Å². The summed E-state index contributed by atoms with van der Waals surface area (Å²) < 4.78 is 1.94. The third-order valence-corrected chi connectivity index (χ3v) is 2.62. The Bertz CT molecular complexity index is 460. The van der Waals surface area contributed by atoms with Crippen molar-refractivity contribution in [1.82, 2.24) is 9.78 Å². The van der Waals surface area contributed by atoms with Crippen LogP contribution in [0.15, 0.2) is 36.5 Å². The number of para-hydroxylation sites is 1. The predicted molar refractivity (Wildman–Crippen MR) is 66.4 cm³/mol.